The van der Waals surface area contributed by atoms with Crippen molar-refractivity contribution in [3.05, 3.63) is 29.2 Å². The fourth-order valence-corrected chi connectivity index (χ4v) is 2.32. The Bertz CT molecular complexity index is 589. The second-order valence-corrected chi connectivity index (χ2v) is 4.66. The average molecular weight is 274 g/mol. The lowest BCUT2D eigenvalue weighted by molar-refractivity contribution is 0.545. The van der Waals surface area contributed by atoms with Gasteiger partial charge < -0.3 is 9.47 Å². The minimum atomic E-state index is 0.762. The third kappa shape index (κ3) is 2.64. The first-order valence-corrected chi connectivity index (χ1v) is 7.09. The van der Waals surface area contributed by atoms with Crippen LogP contribution in [0.1, 0.15) is 36.9 Å². The molecule has 20 heavy (non-hydrogen) atoms. The normalized spacial score (nSPS) is 13.6. The van der Waals surface area contributed by atoms with Gasteiger partial charge in [0, 0.05) is 24.8 Å². The van der Waals surface area contributed by atoms with Crippen molar-refractivity contribution in [1.29, 1.82) is 0 Å². The fraction of sp³-hybridized carbons (Fsp3) is 0.571. The maximum atomic E-state index is 4.53. The van der Waals surface area contributed by atoms with Gasteiger partial charge in [0.2, 0.25) is 0 Å². The summed E-state index contributed by atoms with van der Waals surface area (Å²) in [6, 6.07) is 0. The summed E-state index contributed by atoms with van der Waals surface area (Å²) in [7, 11) is 0. The van der Waals surface area contributed by atoms with Crippen molar-refractivity contribution in [2.24, 2.45) is 0 Å². The predicted octanol–water partition coefficient (Wildman–Crippen LogP) is 2.04. The van der Waals surface area contributed by atoms with Gasteiger partial charge in [0.15, 0.2) is 5.82 Å². The van der Waals surface area contributed by atoms with Crippen LogP contribution >= 0.6 is 0 Å². The molecule has 0 aromatic carbocycles. The minimum Gasteiger partial charge on any atom is -0.347 e. The van der Waals surface area contributed by atoms with Crippen LogP contribution in [0.25, 0.3) is 0 Å². The van der Waals surface area contributed by atoms with Crippen LogP contribution in [0.4, 0.5) is 5.82 Å². The Hall–Kier alpha value is -1.98. The van der Waals surface area contributed by atoms with E-state index in [1.165, 1.54) is 0 Å². The molecule has 1 aliphatic rings. The molecule has 0 aliphatic carbocycles. The number of hydrogen-bond donors (Lipinski definition) is 0. The molecule has 6 nitrogen and oxygen atoms in total. The van der Waals surface area contributed by atoms with Crippen molar-refractivity contribution in [2.45, 2.75) is 47.7 Å². The SMILES string of the molecule is CC.Cc1ncc(C)c(N2CCn3c(C)nnc3C2)n1. The van der Waals surface area contributed by atoms with E-state index in [0.717, 1.165) is 48.5 Å². The second kappa shape index (κ2) is 5.98. The number of aryl methyl sites for hydroxylation is 3. The molecule has 3 rings (SSSR count). The van der Waals surface area contributed by atoms with E-state index in [4.69, 9.17) is 0 Å². The average Bonchev–Trinajstić information content (AvgIpc) is 2.85. The summed E-state index contributed by atoms with van der Waals surface area (Å²) in [5.41, 5.74) is 1.10. The van der Waals surface area contributed by atoms with Crippen LogP contribution in [0.5, 0.6) is 0 Å². The van der Waals surface area contributed by atoms with Gasteiger partial charge in [-0.1, -0.05) is 13.8 Å². The lowest BCUT2D eigenvalue weighted by Crippen LogP contribution is -2.35. The zero-order valence-electron chi connectivity index (χ0n) is 12.9. The van der Waals surface area contributed by atoms with Crippen molar-refractivity contribution in [3.8, 4) is 0 Å². The number of rotatable bonds is 1. The zero-order valence-corrected chi connectivity index (χ0v) is 12.9. The molecule has 0 unspecified atom stereocenters. The van der Waals surface area contributed by atoms with E-state index >= 15 is 0 Å². The van der Waals surface area contributed by atoms with Crippen molar-refractivity contribution >= 4 is 5.82 Å². The molecule has 2 aromatic rings. The summed E-state index contributed by atoms with van der Waals surface area (Å²) in [6.07, 6.45) is 1.88. The van der Waals surface area contributed by atoms with Gasteiger partial charge in [-0.2, -0.15) is 0 Å². The highest BCUT2D eigenvalue weighted by Gasteiger charge is 2.21. The zero-order chi connectivity index (χ0) is 14.7. The molecule has 0 bridgehead atoms. The van der Waals surface area contributed by atoms with Gasteiger partial charge in [0.1, 0.15) is 17.5 Å². The lowest BCUT2D eigenvalue weighted by Gasteiger charge is -2.29. The van der Waals surface area contributed by atoms with Crippen LogP contribution in [0.2, 0.25) is 0 Å². The van der Waals surface area contributed by atoms with Crippen molar-refractivity contribution in [2.75, 3.05) is 11.4 Å². The van der Waals surface area contributed by atoms with E-state index in [2.05, 4.69) is 29.6 Å². The third-order valence-electron chi connectivity index (χ3n) is 3.30. The fourth-order valence-electron chi connectivity index (χ4n) is 2.32. The predicted molar refractivity (Wildman–Crippen MR) is 78.7 cm³/mol. The molecule has 3 heterocycles. The van der Waals surface area contributed by atoms with Crippen LogP contribution in [0.3, 0.4) is 0 Å². The number of anilines is 1. The molecule has 0 atom stereocenters. The monoisotopic (exact) mass is 274 g/mol. The lowest BCUT2D eigenvalue weighted by atomic mass is 10.2. The highest BCUT2D eigenvalue weighted by atomic mass is 15.3. The van der Waals surface area contributed by atoms with Gasteiger partial charge in [-0.3, -0.25) is 0 Å². The van der Waals surface area contributed by atoms with Crippen LogP contribution in [0, 0.1) is 20.8 Å². The van der Waals surface area contributed by atoms with E-state index < -0.39 is 0 Å². The molecular weight excluding hydrogens is 252 g/mol. The van der Waals surface area contributed by atoms with Crippen LogP contribution in [0.15, 0.2) is 6.20 Å². The van der Waals surface area contributed by atoms with E-state index in [-0.39, 0.29) is 0 Å². The molecule has 0 fully saturated rings. The quantitative estimate of drug-likeness (QED) is 0.796. The Morgan fingerprint density at radius 3 is 2.55 bits per heavy atom. The van der Waals surface area contributed by atoms with Crippen molar-refractivity contribution in [3.63, 3.8) is 0 Å². The summed E-state index contributed by atoms with van der Waals surface area (Å²) in [5.74, 6) is 3.81. The van der Waals surface area contributed by atoms with Crippen LogP contribution in [-0.4, -0.2) is 31.3 Å². The van der Waals surface area contributed by atoms with Gasteiger partial charge in [-0.05, 0) is 20.8 Å². The Balaban J connectivity index is 0.000000704. The highest BCUT2D eigenvalue weighted by molar-refractivity contribution is 5.45. The summed E-state index contributed by atoms with van der Waals surface area (Å²) >= 11 is 0. The number of fused-ring (bicyclic) bond motifs is 1. The second-order valence-electron chi connectivity index (χ2n) is 4.66. The van der Waals surface area contributed by atoms with Gasteiger partial charge >= 0.3 is 0 Å². The molecule has 0 N–H and O–H groups in total. The van der Waals surface area contributed by atoms with Crippen LogP contribution in [-0.2, 0) is 13.1 Å². The smallest absolute Gasteiger partial charge is 0.152 e. The molecule has 1 aliphatic heterocycles. The topological polar surface area (TPSA) is 59.7 Å². The van der Waals surface area contributed by atoms with E-state index in [1.807, 2.05) is 40.8 Å². The molecule has 0 amide bonds. The minimum absolute atomic E-state index is 0.762. The highest BCUT2D eigenvalue weighted by Crippen LogP contribution is 2.21. The van der Waals surface area contributed by atoms with E-state index in [9.17, 15) is 0 Å². The van der Waals surface area contributed by atoms with E-state index in [1.54, 1.807) is 0 Å². The summed E-state index contributed by atoms with van der Waals surface area (Å²) < 4.78 is 2.17. The summed E-state index contributed by atoms with van der Waals surface area (Å²) in [4.78, 5) is 11.0. The van der Waals surface area contributed by atoms with Gasteiger partial charge in [0.05, 0.1) is 6.54 Å². The van der Waals surface area contributed by atoms with Crippen molar-refractivity contribution in [1.82, 2.24) is 24.7 Å². The summed E-state index contributed by atoms with van der Waals surface area (Å²) in [5, 5.41) is 8.33. The molecule has 0 radical (unpaired) electrons. The Morgan fingerprint density at radius 2 is 1.80 bits per heavy atom. The van der Waals surface area contributed by atoms with Gasteiger partial charge in [-0.15, -0.1) is 10.2 Å². The first-order valence-electron chi connectivity index (χ1n) is 7.09. The van der Waals surface area contributed by atoms with Crippen LogP contribution < -0.4 is 4.90 Å². The third-order valence-corrected chi connectivity index (χ3v) is 3.30. The largest absolute Gasteiger partial charge is 0.347 e. The summed E-state index contributed by atoms with van der Waals surface area (Å²) in [6.45, 7) is 12.6. The Labute approximate surface area is 119 Å². The molecule has 0 saturated carbocycles. The number of hydrogen-bond acceptors (Lipinski definition) is 5. The molecule has 0 saturated heterocycles. The standard InChI is InChI=1S/C12H16N6.C2H6/c1-8-6-13-9(2)14-12(8)17-4-5-18-10(3)15-16-11(18)7-17;1-2/h6H,4-5,7H2,1-3H3;1-2H3. The number of aromatic nitrogens is 5. The first-order chi connectivity index (χ1) is 9.65. The molecule has 108 valence electrons. The van der Waals surface area contributed by atoms with Crippen molar-refractivity contribution < 1.29 is 0 Å². The first kappa shape index (κ1) is 14.4. The van der Waals surface area contributed by atoms with E-state index in [0.29, 0.717) is 0 Å². The Morgan fingerprint density at radius 1 is 1.05 bits per heavy atom. The molecule has 0 spiro atoms. The van der Waals surface area contributed by atoms with Gasteiger partial charge in [-0.25, -0.2) is 9.97 Å². The molecular formula is C14H22N6. The maximum absolute atomic E-state index is 4.53. The maximum Gasteiger partial charge on any atom is 0.152 e. The molecule has 6 heteroatoms. The van der Waals surface area contributed by atoms with Gasteiger partial charge in [0.25, 0.3) is 0 Å². The molecule has 2 aromatic heterocycles. The Kier molecular flexibility index (Phi) is 4.32. The number of nitrogens with zero attached hydrogens (tertiary/aromatic N) is 6.